The highest BCUT2D eigenvalue weighted by molar-refractivity contribution is 6.18. The molecule has 0 atom stereocenters. The summed E-state index contributed by atoms with van der Waals surface area (Å²) in [5, 5.41) is 14.3. The Kier molecular flexibility index (Phi) is 4.04. The Morgan fingerprint density at radius 3 is 1.76 bits per heavy atom. The van der Waals surface area contributed by atoms with Gasteiger partial charge >= 0.3 is 0 Å². The van der Waals surface area contributed by atoms with Crippen LogP contribution in [0.15, 0.2) is 121 Å². The van der Waals surface area contributed by atoms with Gasteiger partial charge in [-0.25, -0.2) is 0 Å². The number of fused-ring (bicyclic) bond motifs is 6. The fourth-order valence-electron chi connectivity index (χ4n) is 6.11. The van der Waals surface area contributed by atoms with Crippen molar-refractivity contribution in [3.8, 4) is 45.1 Å². The van der Waals surface area contributed by atoms with Crippen LogP contribution in [0.1, 0.15) is 5.56 Å². The number of nitrogens with zero attached hydrogens (tertiary/aromatic N) is 2. The number of hydrogen-bond donors (Lipinski definition) is 0. The van der Waals surface area contributed by atoms with E-state index in [4.69, 9.17) is 0 Å². The zero-order valence-electron chi connectivity index (χ0n) is 19.9. The molecule has 0 radical (unpaired) electrons. The second-order valence-corrected chi connectivity index (χ2v) is 9.72. The fourth-order valence-corrected chi connectivity index (χ4v) is 6.11. The summed E-state index contributed by atoms with van der Waals surface area (Å²) >= 11 is 0. The third-order valence-electron chi connectivity index (χ3n) is 7.73. The molecule has 2 heteroatoms. The van der Waals surface area contributed by atoms with Crippen LogP contribution in [0.2, 0.25) is 0 Å². The third-order valence-corrected chi connectivity index (χ3v) is 7.73. The van der Waals surface area contributed by atoms with E-state index >= 15 is 0 Å². The van der Waals surface area contributed by atoms with E-state index in [1.54, 1.807) is 0 Å². The predicted octanol–water partition coefficient (Wildman–Crippen LogP) is 9.12. The van der Waals surface area contributed by atoms with E-state index in [1.807, 2.05) is 24.3 Å². The van der Waals surface area contributed by atoms with Gasteiger partial charge in [0, 0.05) is 16.5 Å². The summed E-state index contributed by atoms with van der Waals surface area (Å²) in [5.41, 5.74) is 11.7. The first-order chi connectivity index (χ1) is 18.3. The molecule has 0 N–H and O–H groups in total. The standard InChI is InChI=1S/C35H20N2/c36-21-22-13-15-23(16-14-22)24-17-25-18-26(20-32-28-8-2-1-7-27(28)31(19-24)35(25)32)37-33-11-5-3-9-29(33)30-10-4-6-12-34(30)37/h1-20H. The molecular weight excluding hydrogens is 448 g/mol. The van der Waals surface area contributed by atoms with Gasteiger partial charge in [0.2, 0.25) is 0 Å². The summed E-state index contributed by atoms with van der Waals surface area (Å²) in [5.74, 6) is 0. The van der Waals surface area contributed by atoms with Gasteiger partial charge in [-0.15, -0.1) is 0 Å². The molecule has 6 aromatic carbocycles. The van der Waals surface area contributed by atoms with Crippen molar-refractivity contribution < 1.29 is 0 Å². The van der Waals surface area contributed by atoms with Crippen LogP contribution in [-0.4, -0.2) is 4.57 Å². The predicted molar refractivity (Wildman–Crippen MR) is 153 cm³/mol. The molecule has 1 heterocycles. The number of rotatable bonds is 2. The monoisotopic (exact) mass is 468 g/mol. The first-order valence-electron chi connectivity index (χ1n) is 12.5. The molecule has 0 spiro atoms. The van der Waals surface area contributed by atoms with Crippen LogP contribution in [-0.2, 0) is 0 Å². The number of hydrogen-bond acceptors (Lipinski definition) is 1. The molecule has 0 unspecified atom stereocenters. The lowest BCUT2D eigenvalue weighted by Gasteiger charge is -2.13. The zero-order chi connectivity index (χ0) is 24.5. The Labute approximate surface area is 214 Å². The average Bonchev–Trinajstić information content (AvgIpc) is 3.47. The van der Waals surface area contributed by atoms with Crippen LogP contribution in [0.25, 0.3) is 71.6 Å². The topological polar surface area (TPSA) is 28.7 Å². The van der Waals surface area contributed by atoms with Gasteiger partial charge in [0.15, 0.2) is 0 Å². The van der Waals surface area contributed by atoms with Crippen molar-refractivity contribution in [2.75, 3.05) is 0 Å². The number of benzene rings is 6. The summed E-state index contributed by atoms with van der Waals surface area (Å²) in [6, 6.07) is 45.5. The van der Waals surface area contributed by atoms with Crippen LogP contribution in [0, 0.1) is 11.3 Å². The van der Waals surface area contributed by atoms with Crippen molar-refractivity contribution >= 4 is 32.6 Å². The molecule has 0 bridgehead atoms. The SMILES string of the molecule is N#Cc1ccc(-c2cc3c4c(cc(-n5c6ccccc6c6ccccc65)cc4c2)-c2ccccc2-3)cc1. The quantitative estimate of drug-likeness (QED) is 0.249. The average molecular weight is 469 g/mol. The highest BCUT2D eigenvalue weighted by Crippen LogP contribution is 2.50. The lowest BCUT2D eigenvalue weighted by Crippen LogP contribution is -1.95. The Morgan fingerprint density at radius 1 is 0.514 bits per heavy atom. The van der Waals surface area contributed by atoms with E-state index in [2.05, 4.69) is 108 Å². The van der Waals surface area contributed by atoms with Crippen LogP contribution in [0.5, 0.6) is 0 Å². The van der Waals surface area contributed by atoms with Crippen molar-refractivity contribution in [1.82, 2.24) is 4.57 Å². The van der Waals surface area contributed by atoms with E-state index in [1.165, 1.54) is 60.5 Å². The smallest absolute Gasteiger partial charge is 0.0991 e. The van der Waals surface area contributed by atoms with E-state index in [-0.39, 0.29) is 0 Å². The molecular formula is C35H20N2. The minimum Gasteiger partial charge on any atom is -0.309 e. The minimum absolute atomic E-state index is 0.676. The van der Waals surface area contributed by atoms with Gasteiger partial charge in [0.05, 0.1) is 22.7 Å². The van der Waals surface area contributed by atoms with Gasteiger partial charge in [-0.2, -0.15) is 5.26 Å². The van der Waals surface area contributed by atoms with Crippen molar-refractivity contribution in [3.63, 3.8) is 0 Å². The van der Waals surface area contributed by atoms with Gasteiger partial charge < -0.3 is 4.57 Å². The Balaban J connectivity index is 1.47. The van der Waals surface area contributed by atoms with Gasteiger partial charge in [0.1, 0.15) is 0 Å². The normalized spacial score (nSPS) is 11.8. The molecule has 2 nitrogen and oxygen atoms in total. The first kappa shape index (κ1) is 20.1. The molecule has 0 saturated carbocycles. The maximum Gasteiger partial charge on any atom is 0.0991 e. The van der Waals surface area contributed by atoms with Crippen molar-refractivity contribution in [3.05, 3.63) is 127 Å². The second-order valence-electron chi connectivity index (χ2n) is 9.72. The van der Waals surface area contributed by atoms with E-state index < -0.39 is 0 Å². The molecule has 1 aliphatic rings. The number of aromatic nitrogens is 1. The van der Waals surface area contributed by atoms with Gasteiger partial charge in [-0.3, -0.25) is 0 Å². The van der Waals surface area contributed by atoms with Crippen LogP contribution in [0.4, 0.5) is 0 Å². The molecule has 1 aliphatic carbocycles. The molecule has 37 heavy (non-hydrogen) atoms. The largest absolute Gasteiger partial charge is 0.309 e. The summed E-state index contributed by atoms with van der Waals surface area (Å²) in [6.45, 7) is 0. The lowest BCUT2D eigenvalue weighted by molar-refractivity contribution is 1.19. The highest BCUT2D eigenvalue weighted by atomic mass is 15.0. The molecule has 8 rings (SSSR count). The van der Waals surface area contributed by atoms with E-state index in [0.29, 0.717) is 5.56 Å². The summed E-state index contributed by atoms with van der Waals surface area (Å²) < 4.78 is 2.40. The Morgan fingerprint density at radius 2 is 1.11 bits per heavy atom. The molecule has 7 aromatic rings. The van der Waals surface area contributed by atoms with Crippen LogP contribution in [0.3, 0.4) is 0 Å². The number of nitriles is 1. The highest BCUT2D eigenvalue weighted by Gasteiger charge is 2.24. The summed E-state index contributed by atoms with van der Waals surface area (Å²) in [6.07, 6.45) is 0. The molecule has 0 aliphatic heterocycles. The summed E-state index contributed by atoms with van der Waals surface area (Å²) in [7, 11) is 0. The summed E-state index contributed by atoms with van der Waals surface area (Å²) in [4.78, 5) is 0. The molecule has 1 aromatic heterocycles. The van der Waals surface area contributed by atoms with E-state index in [9.17, 15) is 5.26 Å². The molecule has 170 valence electrons. The maximum atomic E-state index is 9.26. The van der Waals surface area contributed by atoms with Gasteiger partial charge in [0.25, 0.3) is 0 Å². The number of para-hydroxylation sites is 2. The molecule has 0 saturated heterocycles. The van der Waals surface area contributed by atoms with Crippen molar-refractivity contribution in [2.45, 2.75) is 0 Å². The Hall–Kier alpha value is -5.13. The first-order valence-corrected chi connectivity index (χ1v) is 12.5. The fraction of sp³-hybridized carbons (Fsp3) is 0. The molecule has 0 amide bonds. The van der Waals surface area contributed by atoms with E-state index in [0.717, 1.165) is 11.1 Å². The van der Waals surface area contributed by atoms with Crippen LogP contribution >= 0.6 is 0 Å². The third kappa shape index (κ3) is 2.80. The van der Waals surface area contributed by atoms with Gasteiger partial charge in [-0.05, 0) is 92.7 Å². The maximum absolute atomic E-state index is 9.26. The minimum atomic E-state index is 0.676. The van der Waals surface area contributed by atoms with Gasteiger partial charge in [-0.1, -0.05) is 72.8 Å². The zero-order valence-corrected chi connectivity index (χ0v) is 19.9. The lowest BCUT2D eigenvalue weighted by atomic mass is 9.95. The van der Waals surface area contributed by atoms with Crippen molar-refractivity contribution in [1.29, 1.82) is 5.26 Å². The van der Waals surface area contributed by atoms with Crippen LogP contribution < -0.4 is 0 Å². The Bertz CT molecular complexity index is 2030. The van der Waals surface area contributed by atoms with Crippen molar-refractivity contribution in [2.24, 2.45) is 0 Å². The second kappa shape index (κ2) is 7.43. The molecule has 0 fully saturated rings.